The van der Waals surface area contributed by atoms with Gasteiger partial charge in [0.2, 0.25) is 0 Å². The lowest BCUT2D eigenvalue weighted by Gasteiger charge is -2.07. The van der Waals surface area contributed by atoms with Gasteiger partial charge in [0.05, 0.1) is 38.1 Å². The molecule has 0 aliphatic heterocycles. The van der Waals surface area contributed by atoms with Crippen LogP contribution in [0.15, 0.2) is 41.3 Å². The van der Waals surface area contributed by atoms with Crippen molar-refractivity contribution in [1.82, 2.24) is 0 Å². The molecule has 2 rings (SSSR count). The fraction of sp³-hybridized carbons (Fsp3) is 0.0714. The maximum Gasteiger partial charge on any atom is 0.123 e. The molecule has 2 aromatic rings. The Morgan fingerprint density at radius 3 is 2.75 bits per heavy atom. The van der Waals surface area contributed by atoms with Gasteiger partial charge in [0.15, 0.2) is 0 Å². The molecule has 0 aliphatic rings. The van der Waals surface area contributed by atoms with Crippen molar-refractivity contribution in [3.63, 3.8) is 0 Å². The molecule has 2 N–H and O–H groups in total. The second-order valence-electron chi connectivity index (χ2n) is 4.09. The molecular weight excluding hydrogens is 299 g/mol. The molecule has 1 unspecified atom stereocenters. The highest BCUT2D eigenvalue weighted by atomic mass is 35.5. The number of nitrogens with zero attached hydrogens (tertiary/aromatic N) is 1. The Morgan fingerprint density at radius 2 is 2.05 bits per heavy atom. The predicted octanol–water partition coefficient (Wildman–Crippen LogP) is 3.24. The average Bonchev–Trinajstić information content (AvgIpc) is 2.41. The Balaban J connectivity index is 2.35. The Morgan fingerprint density at radius 1 is 1.30 bits per heavy atom. The molecule has 0 aromatic heterocycles. The monoisotopic (exact) mass is 308 g/mol. The molecule has 3 nitrogen and oxygen atoms in total. The quantitative estimate of drug-likeness (QED) is 0.885. The lowest BCUT2D eigenvalue weighted by atomic mass is 10.1. The molecule has 0 spiro atoms. The first kappa shape index (κ1) is 14.5. The molecule has 1 atom stereocenters. The fourth-order valence-electron chi connectivity index (χ4n) is 1.70. The van der Waals surface area contributed by atoms with Gasteiger partial charge in [0.25, 0.3) is 0 Å². The van der Waals surface area contributed by atoms with Crippen LogP contribution in [0.4, 0.5) is 10.1 Å². The van der Waals surface area contributed by atoms with Crippen molar-refractivity contribution in [2.45, 2.75) is 10.6 Å². The van der Waals surface area contributed by atoms with Gasteiger partial charge in [-0.2, -0.15) is 5.26 Å². The summed E-state index contributed by atoms with van der Waals surface area (Å²) in [6.07, 6.45) is 0. The lowest BCUT2D eigenvalue weighted by Crippen LogP contribution is -2.01. The van der Waals surface area contributed by atoms with E-state index in [1.807, 2.05) is 6.07 Å². The second-order valence-corrected chi connectivity index (χ2v) is 5.92. The number of hydrogen-bond donors (Lipinski definition) is 1. The molecule has 0 heterocycles. The standard InChI is InChI=1S/C14H10ClFN2OS/c15-13-4-3-12(18)6-14(13)20(19)8-10-5-11(16)2-1-9(10)7-17/h1-6H,8,18H2. The summed E-state index contributed by atoms with van der Waals surface area (Å²) in [6.45, 7) is 0. The van der Waals surface area contributed by atoms with Crippen LogP contribution in [0.25, 0.3) is 0 Å². The molecule has 0 saturated heterocycles. The zero-order chi connectivity index (χ0) is 14.7. The van der Waals surface area contributed by atoms with Crippen LogP contribution < -0.4 is 5.73 Å². The summed E-state index contributed by atoms with van der Waals surface area (Å²) in [6, 6.07) is 10.4. The number of anilines is 1. The van der Waals surface area contributed by atoms with Gasteiger partial charge in [0.1, 0.15) is 5.82 Å². The van der Waals surface area contributed by atoms with Gasteiger partial charge in [0, 0.05) is 5.69 Å². The van der Waals surface area contributed by atoms with E-state index in [0.29, 0.717) is 26.7 Å². The molecule has 6 heteroatoms. The minimum absolute atomic E-state index is 0.00380. The molecule has 0 saturated carbocycles. The third-order valence-electron chi connectivity index (χ3n) is 2.67. The number of halogens is 2. The highest BCUT2D eigenvalue weighted by Gasteiger charge is 2.13. The maximum atomic E-state index is 13.2. The van der Waals surface area contributed by atoms with Gasteiger partial charge >= 0.3 is 0 Å². The van der Waals surface area contributed by atoms with E-state index >= 15 is 0 Å². The number of benzene rings is 2. The molecule has 0 amide bonds. The molecule has 2 aromatic carbocycles. The highest BCUT2D eigenvalue weighted by Crippen LogP contribution is 2.25. The van der Waals surface area contributed by atoms with Gasteiger partial charge in [-0.25, -0.2) is 4.39 Å². The lowest BCUT2D eigenvalue weighted by molar-refractivity contribution is 0.626. The molecule has 102 valence electrons. The zero-order valence-corrected chi connectivity index (χ0v) is 11.8. The number of rotatable bonds is 3. The minimum Gasteiger partial charge on any atom is -0.399 e. The molecule has 0 bridgehead atoms. The van der Waals surface area contributed by atoms with E-state index < -0.39 is 16.6 Å². The third-order valence-corrected chi connectivity index (χ3v) is 4.52. The van der Waals surface area contributed by atoms with Gasteiger partial charge in [-0.3, -0.25) is 4.21 Å². The largest absolute Gasteiger partial charge is 0.399 e. The Kier molecular flexibility index (Phi) is 4.38. The summed E-state index contributed by atoms with van der Waals surface area (Å²) in [4.78, 5) is 0.375. The first-order chi connectivity index (χ1) is 9.51. The number of hydrogen-bond acceptors (Lipinski definition) is 3. The van der Waals surface area contributed by atoms with Crippen molar-refractivity contribution in [2.75, 3.05) is 5.73 Å². The van der Waals surface area contributed by atoms with Gasteiger partial charge in [-0.1, -0.05) is 11.6 Å². The van der Waals surface area contributed by atoms with Crippen LogP contribution in [-0.4, -0.2) is 4.21 Å². The van der Waals surface area contributed by atoms with Crippen LogP contribution in [0.2, 0.25) is 5.02 Å². The minimum atomic E-state index is -1.51. The van der Waals surface area contributed by atoms with Crippen LogP contribution in [0, 0.1) is 17.1 Å². The summed E-state index contributed by atoms with van der Waals surface area (Å²) in [7, 11) is -1.51. The molecule has 0 radical (unpaired) electrons. The molecule has 20 heavy (non-hydrogen) atoms. The van der Waals surface area contributed by atoms with E-state index in [0.717, 1.165) is 0 Å². The molecular formula is C14H10ClFN2OS. The first-order valence-electron chi connectivity index (χ1n) is 5.63. The Hall–Kier alpha value is -1.90. The smallest absolute Gasteiger partial charge is 0.123 e. The average molecular weight is 309 g/mol. The van der Waals surface area contributed by atoms with Crippen LogP contribution in [0.3, 0.4) is 0 Å². The van der Waals surface area contributed by atoms with Gasteiger partial charge in [-0.15, -0.1) is 0 Å². The van der Waals surface area contributed by atoms with Crippen LogP contribution in [0.1, 0.15) is 11.1 Å². The van der Waals surface area contributed by atoms with Crippen molar-refractivity contribution < 1.29 is 8.60 Å². The number of nitrogens with two attached hydrogens (primary N) is 1. The third kappa shape index (κ3) is 3.16. The Labute approximate surface area is 123 Å². The van der Waals surface area contributed by atoms with E-state index in [2.05, 4.69) is 0 Å². The second kappa shape index (κ2) is 6.04. The highest BCUT2D eigenvalue weighted by molar-refractivity contribution is 7.84. The topological polar surface area (TPSA) is 66.9 Å². The predicted molar refractivity (Wildman–Crippen MR) is 77.1 cm³/mol. The Bertz CT molecular complexity index is 728. The summed E-state index contributed by atoms with van der Waals surface area (Å²) in [5.41, 5.74) is 6.75. The molecule has 0 fully saturated rings. The van der Waals surface area contributed by atoms with E-state index in [-0.39, 0.29) is 5.75 Å². The van der Waals surface area contributed by atoms with Crippen LogP contribution in [0.5, 0.6) is 0 Å². The number of nitrogen functional groups attached to an aromatic ring is 1. The van der Waals surface area contributed by atoms with Crippen LogP contribution >= 0.6 is 11.6 Å². The van der Waals surface area contributed by atoms with Crippen LogP contribution in [-0.2, 0) is 16.6 Å². The van der Waals surface area contributed by atoms with E-state index in [1.165, 1.54) is 24.3 Å². The van der Waals surface area contributed by atoms with Crippen molar-refractivity contribution in [2.24, 2.45) is 0 Å². The van der Waals surface area contributed by atoms with Crippen molar-refractivity contribution in [3.05, 3.63) is 58.4 Å². The maximum absolute atomic E-state index is 13.2. The van der Waals surface area contributed by atoms with E-state index in [9.17, 15) is 8.60 Å². The normalized spacial score (nSPS) is 11.8. The molecule has 0 aliphatic carbocycles. The van der Waals surface area contributed by atoms with Gasteiger partial charge in [-0.05, 0) is 42.0 Å². The fourth-order valence-corrected chi connectivity index (χ4v) is 3.31. The van der Waals surface area contributed by atoms with Crippen molar-refractivity contribution in [1.29, 1.82) is 5.26 Å². The number of nitriles is 1. The van der Waals surface area contributed by atoms with E-state index in [4.69, 9.17) is 22.6 Å². The zero-order valence-electron chi connectivity index (χ0n) is 10.3. The van der Waals surface area contributed by atoms with E-state index in [1.54, 1.807) is 12.1 Å². The summed E-state index contributed by atoms with van der Waals surface area (Å²) in [5, 5.41) is 9.30. The summed E-state index contributed by atoms with van der Waals surface area (Å²) < 4.78 is 25.5. The summed E-state index contributed by atoms with van der Waals surface area (Å²) >= 11 is 5.97. The van der Waals surface area contributed by atoms with Crippen molar-refractivity contribution in [3.8, 4) is 6.07 Å². The summed E-state index contributed by atoms with van der Waals surface area (Å²) in [5.74, 6) is -0.473. The van der Waals surface area contributed by atoms with Crippen molar-refractivity contribution >= 4 is 28.1 Å². The van der Waals surface area contributed by atoms with Gasteiger partial charge < -0.3 is 5.73 Å². The first-order valence-corrected chi connectivity index (χ1v) is 7.33. The SMILES string of the molecule is N#Cc1ccc(F)cc1CS(=O)c1cc(N)ccc1Cl.